The Morgan fingerprint density at radius 2 is 2.17 bits per heavy atom. The summed E-state index contributed by atoms with van der Waals surface area (Å²) in [4.78, 5) is 8.22. The Bertz CT molecular complexity index is 218. The summed E-state index contributed by atoms with van der Waals surface area (Å²) in [5.74, 6) is 2.39. The van der Waals surface area contributed by atoms with Crippen LogP contribution < -0.4 is 0 Å². The Balaban J connectivity index is 2.33. The van der Waals surface area contributed by atoms with Gasteiger partial charge in [0.05, 0.1) is 5.75 Å². The second-order valence-corrected chi connectivity index (χ2v) is 4.18. The average Bonchev–Trinajstić information content (AvgIpc) is 2.16. The van der Waals surface area contributed by atoms with E-state index in [2.05, 4.69) is 16.9 Å². The fraction of sp³-hybridized carbons (Fsp3) is 0.500. The molecule has 66 valence electrons. The van der Waals surface area contributed by atoms with E-state index in [1.807, 2.05) is 6.07 Å². The van der Waals surface area contributed by atoms with Gasteiger partial charge in [-0.05, 0) is 6.07 Å². The van der Waals surface area contributed by atoms with Crippen molar-refractivity contribution in [3.63, 3.8) is 0 Å². The molecular weight excluding hydrogens is 192 g/mol. The van der Waals surface area contributed by atoms with E-state index in [1.54, 1.807) is 24.2 Å². The van der Waals surface area contributed by atoms with Gasteiger partial charge >= 0.3 is 0 Å². The Hall–Kier alpha value is -0.280. The van der Waals surface area contributed by atoms with Gasteiger partial charge in [-0.25, -0.2) is 9.97 Å². The molecule has 0 fully saturated rings. The summed E-state index contributed by atoms with van der Waals surface area (Å²) in [6.07, 6.45) is 3.52. The van der Waals surface area contributed by atoms with Crippen molar-refractivity contribution in [2.45, 2.75) is 17.9 Å². The summed E-state index contributed by atoms with van der Waals surface area (Å²) in [6, 6.07) is 1.82. The van der Waals surface area contributed by atoms with Crippen molar-refractivity contribution in [1.29, 1.82) is 0 Å². The number of rotatable bonds is 4. The van der Waals surface area contributed by atoms with E-state index in [4.69, 9.17) is 11.6 Å². The summed E-state index contributed by atoms with van der Waals surface area (Å²) >= 11 is 7.43. The number of thioether (sulfide) groups is 1. The largest absolute Gasteiger partial charge is 0.240 e. The molecule has 0 radical (unpaired) electrons. The molecule has 0 aliphatic carbocycles. The van der Waals surface area contributed by atoms with Crippen LogP contribution in [0.2, 0.25) is 0 Å². The fourth-order valence-corrected chi connectivity index (χ4v) is 1.60. The molecule has 0 aromatic carbocycles. The van der Waals surface area contributed by atoms with Crippen LogP contribution in [0.5, 0.6) is 0 Å². The van der Waals surface area contributed by atoms with Gasteiger partial charge in [0.25, 0.3) is 0 Å². The van der Waals surface area contributed by atoms with Gasteiger partial charge in [0.1, 0.15) is 5.82 Å². The first-order valence-corrected chi connectivity index (χ1v) is 5.34. The van der Waals surface area contributed by atoms with Crippen LogP contribution in [0, 0.1) is 0 Å². The molecule has 0 aliphatic rings. The van der Waals surface area contributed by atoms with Crippen LogP contribution in [0.4, 0.5) is 0 Å². The maximum atomic E-state index is 5.66. The summed E-state index contributed by atoms with van der Waals surface area (Å²) in [5, 5.41) is 0.468. The molecule has 0 aliphatic heterocycles. The monoisotopic (exact) mass is 202 g/mol. The Kier molecular flexibility index (Phi) is 4.40. The first-order chi connectivity index (χ1) is 5.83. The number of hydrogen-bond donors (Lipinski definition) is 0. The van der Waals surface area contributed by atoms with Gasteiger partial charge in [-0.3, -0.25) is 0 Å². The molecule has 0 bridgehead atoms. The van der Waals surface area contributed by atoms with Crippen LogP contribution in [0.25, 0.3) is 0 Å². The van der Waals surface area contributed by atoms with Gasteiger partial charge in [0, 0.05) is 23.5 Å². The SMILES string of the molecule is CC(CCl)SCc1ncccn1. The topological polar surface area (TPSA) is 25.8 Å². The molecule has 0 amide bonds. The van der Waals surface area contributed by atoms with Crippen molar-refractivity contribution >= 4 is 23.4 Å². The van der Waals surface area contributed by atoms with Gasteiger partial charge in [-0.1, -0.05) is 6.92 Å². The maximum absolute atomic E-state index is 5.66. The lowest BCUT2D eigenvalue weighted by molar-refractivity contribution is 1.02. The summed E-state index contributed by atoms with van der Waals surface area (Å²) in [6.45, 7) is 2.10. The minimum Gasteiger partial charge on any atom is -0.240 e. The van der Waals surface area contributed by atoms with Crippen LogP contribution in [0.1, 0.15) is 12.7 Å². The lowest BCUT2D eigenvalue weighted by Gasteiger charge is -2.04. The second kappa shape index (κ2) is 5.38. The van der Waals surface area contributed by atoms with Gasteiger partial charge in [0.15, 0.2) is 0 Å². The van der Waals surface area contributed by atoms with E-state index in [0.717, 1.165) is 11.6 Å². The normalized spacial score (nSPS) is 12.8. The van der Waals surface area contributed by atoms with Crippen LogP contribution in [0.3, 0.4) is 0 Å². The predicted octanol–water partition coefficient (Wildman–Crippen LogP) is 2.34. The van der Waals surface area contributed by atoms with E-state index >= 15 is 0 Å². The molecule has 0 N–H and O–H groups in total. The minimum absolute atomic E-state index is 0.468. The third kappa shape index (κ3) is 3.41. The number of halogens is 1. The Morgan fingerprint density at radius 1 is 1.50 bits per heavy atom. The molecular formula is C8H11ClN2S. The number of nitrogens with zero attached hydrogens (tertiary/aromatic N) is 2. The smallest absolute Gasteiger partial charge is 0.138 e. The van der Waals surface area contributed by atoms with Crippen molar-refractivity contribution in [3.8, 4) is 0 Å². The first kappa shape index (κ1) is 9.81. The van der Waals surface area contributed by atoms with E-state index in [-0.39, 0.29) is 0 Å². The zero-order valence-corrected chi connectivity index (χ0v) is 8.48. The van der Waals surface area contributed by atoms with E-state index < -0.39 is 0 Å². The molecule has 1 aromatic rings. The number of hydrogen-bond acceptors (Lipinski definition) is 3. The summed E-state index contributed by atoms with van der Waals surface area (Å²) in [7, 11) is 0. The maximum Gasteiger partial charge on any atom is 0.138 e. The van der Waals surface area contributed by atoms with Crippen molar-refractivity contribution in [1.82, 2.24) is 9.97 Å². The molecule has 0 spiro atoms. The van der Waals surface area contributed by atoms with E-state index in [1.165, 1.54) is 0 Å². The van der Waals surface area contributed by atoms with Crippen molar-refractivity contribution < 1.29 is 0 Å². The highest BCUT2D eigenvalue weighted by atomic mass is 35.5. The van der Waals surface area contributed by atoms with Gasteiger partial charge in [0.2, 0.25) is 0 Å². The Labute approximate surface area is 81.8 Å². The number of aromatic nitrogens is 2. The molecule has 4 heteroatoms. The van der Waals surface area contributed by atoms with Crippen molar-refractivity contribution in [2.24, 2.45) is 0 Å². The molecule has 1 heterocycles. The molecule has 1 unspecified atom stereocenters. The van der Waals surface area contributed by atoms with Crippen LogP contribution >= 0.6 is 23.4 Å². The van der Waals surface area contributed by atoms with Gasteiger partial charge in [-0.2, -0.15) is 0 Å². The highest BCUT2D eigenvalue weighted by Gasteiger charge is 2.01. The fourth-order valence-electron chi connectivity index (χ4n) is 0.666. The van der Waals surface area contributed by atoms with Crippen LogP contribution in [0.15, 0.2) is 18.5 Å². The predicted molar refractivity (Wildman–Crippen MR) is 53.5 cm³/mol. The molecule has 2 nitrogen and oxygen atoms in total. The van der Waals surface area contributed by atoms with Crippen LogP contribution in [-0.2, 0) is 5.75 Å². The minimum atomic E-state index is 0.468. The van der Waals surface area contributed by atoms with Crippen molar-refractivity contribution in [3.05, 3.63) is 24.3 Å². The number of alkyl halides is 1. The third-order valence-corrected chi connectivity index (χ3v) is 3.14. The summed E-state index contributed by atoms with van der Waals surface area (Å²) < 4.78 is 0. The molecule has 0 saturated carbocycles. The highest BCUT2D eigenvalue weighted by Crippen LogP contribution is 2.15. The molecule has 0 saturated heterocycles. The van der Waals surface area contributed by atoms with E-state index in [9.17, 15) is 0 Å². The van der Waals surface area contributed by atoms with Gasteiger partial charge in [-0.15, -0.1) is 23.4 Å². The molecule has 1 rings (SSSR count). The average molecular weight is 203 g/mol. The highest BCUT2D eigenvalue weighted by molar-refractivity contribution is 7.99. The van der Waals surface area contributed by atoms with Crippen LogP contribution in [-0.4, -0.2) is 21.1 Å². The lowest BCUT2D eigenvalue weighted by Crippen LogP contribution is -1.99. The molecule has 12 heavy (non-hydrogen) atoms. The quantitative estimate of drug-likeness (QED) is 0.701. The second-order valence-electron chi connectivity index (χ2n) is 2.44. The lowest BCUT2D eigenvalue weighted by atomic mass is 10.6. The first-order valence-electron chi connectivity index (χ1n) is 3.76. The molecule has 1 aromatic heterocycles. The molecule has 1 atom stereocenters. The standard InChI is InChI=1S/C8H11ClN2S/c1-7(5-9)12-6-8-10-3-2-4-11-8/h2-4,7H,5-6H2,1H3. The van der Waals surface area contributed by atoms with E-state index in [0.29, 0.717) is 11.1 Å². The zero-order valence-electron chi connectivity index (χ0n) is 6.90. The zero-order chi connectivity index (χ0) is 8.81. The third-order valence-electron chi connectivity index (χ3n) is 1.33. The Morgan fingerprint density at radius 3 is 2.75 bits per heavy atom. The van der Waals surface area contributed by atoms with Gasteiger partial charge < -0.3 is 0 Å². The summed E-state index contributed by atoms with van der Waals surface area (Å²) in [5.41, 5.74) is 0. The van der Waals surface area contributed by atoms with Crippen molar-refractivity contribution in [2.75, 3.05) is 5.88 Å².